The van der Waals surface area contributed by atoms with E-state index in [1.807, 2.05) is 35.9 Å². The fraction of sp³-hybridized carbons (Fsp3) is 0.188. The molecular formula is C16H15FN2O. The smallest absolute Gasteiger partial charge is 0.138 e. The Labute approximate surface area is 116 Å². The Morgan fingerprint density at radius 3 is 2.90 bits per heavy atom. The van der Waals surface area contributed by atoms with Gasteiger partial charge in [0, 0.05) is 29.9 Å². The van der Waals surface area contributed by atoms with E-state index in [0.717, 1.165) is 17.6 Å². The Morgan fingerprint density at radius 2 is 2.15 bits per heavy atom. The van der Waals surface area contributed by atoms with Crippen LogP contribution in [-0.2, 0) is 13.2 Å². The Balaban J connectivity index is 1.95. The van der Waals surface area contributed by atoms with E-state index in [-0.39, 0.29) is 5.82 Å². The highest BCUT2D eigenvalue weighted by molar-refractivity contribution is 5.84. The fourth-order valence-electron chi connectivity index (χ4n) is 2.36. The summed E-state index contributed by atoms with van der Waals surface area (Å²) in [4.78, 5) is 3.99. The van der Waals surface area contributed by atoms with Crippen molar-refractivity contribution in [3.63, 3.8) is 0 Å². The van der Waals surface area contributed by atoms with Gasteiger partial charge in [-0.05, 0) is 31.2 Å². The lowest BCUT2D eigenvalue weighted by molar-refractivity contribution is 0.306. The second kappa shape index (κ2) is 5.33. The lowest BCUT2D eigenvalue weighted by Crippen LogP contribution is -1.95. The number of pyridine rings is 1. The van der Waals surface area contributed by atoms with E-state index in [2.05, 4.69) is 4.98 Å². The van der Waals surface area contributed by atoms with Crippen molar-refractivity contribution in [3.8, 4) is 5.75 Å². The first-order chi connectivity index (χ1) is 9.79. The molecule has 0 spiro atoms. The topological polar surface area (TPSA) is 27.1 Å². The summed E-state index contributed by atoms with van der Waals surface area (Å²) in [6.45, 7) is 3.17. The van der Waals surface area contributed by atoms with Gasteiger partial charge >= 0.3 is 0 Å². The van der Waals surface area contributed by atoms with Crippen LogP contribution in [0.2, 0.25) is 0 Å². The molecule has 3 nitrogen and oxygen atoms in total. The van der Waals surface area contributed by atoms with Crippen LogP contribution in [0, 0.1) is 5.82 Å². The molecule has 1 aromatic carbocycles. The summed E-state index contributed by atoms with van der Waals surface area (Å²) in [5, 5.41) is 0.637. The third-order valence-corrected chi connectivity index (χ3v) is 3.30. The molecule has 0 aliphatic carbocycles. The van der Waals surface area contributed by atoms with E-state index >= 15 is 0 Å². The Bertz CT molecular complexity index is 722. The van der Waals surface area contributed by atoms with E-state index < -0.39 is 0 Å². The van der Waals surface area contributed by atoms with Crippen LogP contribution in [0.4, 0.5) is 4.39 Å². The van der Waals surface area contributed by atoms with Crippen LogP contribution in [0.25, 0.3) is 10.9 Å². The van der Waals surface area contributed by atoms with Gasteiger partial charge in [0.25, 0.3) is 0 Å². The molecule has 0 aliphatic rings. The summed E-state index contributed by atoms with van der Waals surface area (Å²) >= 11 is 0. The second-order valence-corrected chi connectivity index (χ2v) is 4.55. The largest absolute Gasteiger partial charge is 0.487 e. The number of aromatic nitrogens is 2. The van der Waals surface area contributed by atoms with Crippen molar-refractivity contribution in [2.75, 3.05) is 0 Å². The van der Waals surface area contributed by atoms with E-state index in [9.17, 15) is 4.39 Å². The molecular weight excluding hydrogens is 255 g/mol. The first-order valence-corrected chi connectivity index (χ1v) is 6.58. The number of fused-ring (bicyclic) bond motifs is 1. The van der Waals surface area contributed by atoms with Crippen LogP contribution in [0.15, 0.2) is 48.9 Å². The van der Waals surface area contributed by atoms with Crippen molar-refractivity contribution in [2.24, 2.45) is 0 Å². The SMILES string of the molecule is CCn1cc(COc2cccnc2)c2c(F)cccc21. The predicted molar refractivity (Wildman–Crippen MR) is 76.1 cm³/mol. The first kappa shape index (κ1) is 12.7. The zero-order chi connectivity index (χ0) is 13.9. The maximum atomic E-state index is 14.0. The van der Waals surface area contributed by atoms with Gasteiger partial charge in [-0.1, -0.05) is 6.07 Å². The second-order valence-electron chi connectivity index (χ2n) is 4.55. The minimum atomic E-state index is -0.209. The predicted octanol–water partition coefficient (Wildman–Crippen LogP) is 3.77. The normalized spacial score (nSPS) is 10.9. The minimum absolute atomic E-state index is 0.209. The van der Waals surface area contributed by atoms with Crippen LogP contribution in [0.5, 0.6) is 5.75 Å². The van der Waals surface area contributed by atoms with E-state index in [4.69, 9.17) is 4.74 Å². The average Bonchev–Trinajstić information content (AvgIpc) is 2.86. The van der Waals surface area contributed by atoms with Gasteiger partial charge in [-0.3, -0.25) is 4.98 Å². The van der Waals surface area contributed by atoms with Crippen LogP contribution in [0.3, 0.4) is 0 Å². The van der Waals surface area contributed by atoms with Crippen molar-refractivity contribution in [2.45, 2.75) is 20.1 Å². The van der Waals surface area contributed by atoms with Crippen LogP contribution >= 0.6 is 0 Å². The van der Waals surface area contributed by atoms with E-state index in [0.29, 0.717) is 17.7 Å². The van der Waals surface area contributed by atoms with Gasteiger partial charge < -0.3 is 9.30 Å². The molecule has 2 aromatic heterocycles. The molecule has 0 saturated carbocycles. The summed E-state index contributed by atoms with van der Waals surface area (Å²) in [6.07, 6.45) is 5.29. The van der Waals surface area contributed by atoms with E-state index in [1.54, 1.807) is 18.5 Å². The fourth-order valence-corrected chi connectivity index (χ4v) is 2.36. The van der Waals surface area contributed by atoms with Crippen molar-refractivity contribution in [1.29, 1.82) is 0 Å². The minimum Gasteiger partial charge on any atom is -0.487 e. The van der Waals surface area contributed by atoms with Crippen LogP contribution < -0.4 is 4.74 Å². The van der Waals surface area contributed by atoms with Crippen LogP contribution in [-0.4, -0.2) is 9.55 Å². The van der Waals surface area contributed by atoms with E-state index in [1.165, 1.54) is 6.07 Å². The molecule has 0 atom stereocenters. The van der Waals surface area contributed by atoms with Gasteiger partial charge in [0.05, 0.1) is 11.7 Å². The quantitative estimate of drug-likeness (QED) is 0.721. The molecule has 4 heteroatoms. The number of rotatable bonds is 4. The maximum absolute atomic E-state index is 14.0. The molecule has 0 amide bonds. The lowest BCUT2D eigenvalue weighted by atomic mass is 10.2. The molecule has 0 fully saturated rings. The van der Waals surface area contributed by atoms with Crippen molar-refractivity contribution in [3.05, 3.63) is 60.3 Å². The monoisotopic (exact) mass is 270 g/mol. The molecule has 3 aromatic rings. The number of benzene rings is 1. The van der Waals surface area contributed by atoms with Crippen molar-refractivity contribution < 1.29 is 9.13 Å². The van der Waals surface area contributed by atoms with Gasteiger partial charge in [-0.2, -0.15) is 0 Å². The molecule has 0 unspecified atom stereocenters. The summed E-state index contributed by atoms with van der Waals surface area (Å²) in [7, 11) is 0. The highest BCUT2D eigenvalue weighted by Crippen LogP contribution is 2.25. The molecule has 0 saturated heterocycles. The highest BCUT2D eigenvalue weighted by Gasteiger charge is 2.12. The molecule has 3 rings (SSSR count). The molecule has 2 heterocycles. The summed E-state index contributed by atoms with van der Waals surface area (Å²) in [5.41, 5.74) is 1.75. The molecule has 20 heavy (non-hydrogen) atoms. The van der Waals surface area contributed by atoms with Crippen molar-refractivity contribution >= 4 is 10.9 Å². The van der Waals surface area contributed by atoms with Crippen molar-refractivity contribution in [1.82, 2.24) is 9.55 Å². The number of hydrogen-bond donors (Lipinski definition) is 0. The maximum Gasteiger partial charge on any atom is 0.138 e. The number of nitrogens with zero attached hydrogens (tertiary/aromatic N) is 2. The standard InChI is InChI=1S/C16H15FN2O/c1-2-19-10-12(11-20-13-5-4-8-18-9-13)16-14(17)6-3-7-15(16)19/h3-10H,2,11H2,1H3. The molecule has 0 radical (unpaired) electrons. The van der Waals surface area contributed by atoms with Crippen LogP contribution in [0.1, 0.15) is 12.5 Å². The van der Waals surface area contributed by atoms with Gasteiger partial charge in [0.1, 0.15) is 18.2 Å². The Hall–Kier alpha value is -2.36. The third kappa shape index (κ3) is 2.25. The Kier molecular flexibility index (Phi) is 3.37. The van der Waals surface area contributed by atoms with Gasteiger partial charge in [-0.15, -0.1) is 0 Å². The Morgan fingerprint density at radius 1 is 1.25 bits per heavy atom. The molecule has 0 N–H and O–H groups in total. The lowest BCUT2D eigenvalue weighted by Gasteiger charge is -2.04. The van der Waals surface area contributed by atoms with Gasteiger partial charge in [0.2, 0.25) is 0 Å². The number of ether oxygens (including phenoxy) is 1. The first-order valence-electron chi connectivity index (χ1n) is 6.58. The average molecular weight is 270 g/mol. The zero-order valence-electron chi connectivity index (χ0n) is 11.2. The molecule has 0 aliphatic heterocycles. The number of aryl methyl sites for hydroxylation is 1. The zero-order valence-corrected chi connectivity index (χ0v) is 11.2. The van der Waals surface area contributed by atoms with Gasteiger partial charge in [0.15, 0.2) is 0 Å². The number of halogens is 1. The number of hydrogen-bond acceptors (Lipinski definition) is 2. The molecule has 0 bridgehead atoms. The molecule has 102 valence electrons. The highest BCUT2D eigenvalue weighted by atomic mass is 19.1. The summed E-state index contributed by atoms with van der Waals surface area (Å²) in [6, 6.07) is 8.79. The summed E-state index contributed by atoms with van der Waals surface area (Å²) in [5.74, 6) is 0.473. The summed E-state index contributed by atoms with van der Waals surface area (Å²) < 4.78 is 21.7. The van der Waals surface area contributed by atoms with Gasteiger partial charge in [-0.25, -0.2) is 4.39 Å². The third-order valence-electron chi connectivity index (χ3n) is 3.30.